The van der Waals surface area contributed by atoms with Crippen LogP contribution in [0.25, 0.3) is 5.57 Å². The van der Waals surface area contributed by atoms with Gasteiger partial charge in [-0.25, -0.2) is 13.2 Å². The van der Waals surface area contributed by atoms with E-state index in [0.29, 0.717) is 11.1 Å². The average molecular weight is 382 g/mol. The van der Waals surface area contributed by atoms with Gasteiger partial charge in [0.2, 0.25) is 5.76 Å². The zero-order valence-corrected chi connectivity index (χ0v) is 15.3. The van der Waals surface area contributed by atoms with Gasteiger partial charge in [-0.15, -0.1) is 11.3 Å². The molecule has 0 saturated carbocycles. The number of carbonyl (C=O) groups excluding carboxylic acids is 1. The molecule has 3 rings (SSSR count). The van der Waals surface area contributed by atoms with Crippen LogP contribution in [0, 0.1) is 5.13 Å². The van der Waals surface area contributed by atoms with Gasteiger partial charge >= 0.3 is 5.97 Å². The Kier molecular flexibility index (Phi) is 4.20. The SMILES string of the molecule is CC1(C)OC(=O)C(Oc2csc(F)c2)=C1c1ccc(S(C)(=O)=O)cc1. The molecule has 0 bridgehead atoms. The maximum absolute atomic E-state index is 13.2. The highest BCUT2D eigenvalue weighted by Crippen LogP contribution is 2.40. The minimum atomic E-state index is -3.33. The number of rotatable bonds is 4. The van der Waals surface area contributed by atoms with Crippen molar-refractivity contribution in [1.29, 1.82) is 0 Å². The third kappa shape index (κ3) is 3.45. The van der Waals surface area contributed by atoms with Crippen LogP contribution in [0.2, 0.25) is 0 Å². The Morgan fingerprint density at radius 2 is 1.84 bits per heavy atom. The fourth-order valence-corrected chi connectivity index (χ4v) is 3.77. The van der Waals surface area contributed by atoms with Crippen LogP contribution in [0.15, 0.2) is 46.4 Å². The number of esters is 1. The van der Waals surface area contributed by atoms with E-state index in [9.17, 15) is 17.6 Å². The zero-order chi connectivity index (χ0) is 18.4. The van der Waals surface area contributed by atoms with E-state index in [2.05, 4.69) is 0 Å². The first-order chi connectivity index (χ1) is 11.6. The van der Waals surface area contributed by atoms with Crippen LogP contribution < -0.4 is 4.74 Å². The molecular weight excluding hydrogens is 367 g/mol. The molecule has 8 heteroatoms. The molecule has 0 amide bonds. The summed E-state index contributed by atoms with van der Waals surface area (Å²) < 4.78 is 47.3. The van der Waals surface area contributed by atoms with E-state index in [1.165, 1.54) is 23.6 Å². The molecule has 0 N–H and O–H groups in total. The lowest BCUT2D eigenvalue weighted by Crippen LogP contribution is -2.22. The summed E-state index contributed by atoms with van der Waals surface area (Å²) in [6.07, 6.45) is 1.12. The molecule has 0 aliphatic carbocycles. The third-order valence-corrected chi connectivity index (χ3v) is 5.52. The predicted octanol–water partition coefficient (Wildman–Crippen LogP) is 3.42. The first-order valence-electron chi connectivity index (χ1n) is 7.28. The summed E-state index contributed by atoms with van der Waals surface area (Å²) in [4.78, 5) is 12.4. The van der Waals surface area contributed by atoms with Crippen LogP contribution in [0.5, 0.6) is 5.75 Å². The van der Waals surface area contributed by atoms with Gasteiger partial charge in [-0.2, -0.15) is 4.39 Å². The van der Waals surface area contributed by atoms with Crippen molar-refractivity contribution in [2.45, 2.75) is 24.3 Å². The van der Waals surface area contributed by atoms with Crippen LogP contribution in [-0.2, 0) is 19.4 Å². The Morgan fingerprint density at radius 1 is 1.20 bits per heavy atom. The summed E-state index contributed by atoms with van der Waals surface area (Å²) in [5.41, 5.74) is 0.103. The number of hydrogen-bond donors (Lipinski definition) is 0. The molecule has 2 aromatic rings. The molecule has 0 saturated heterocycles. The molecule has 5 nitrogen and oxygen atoms in total. The average Bonchev–Trinajstić information content (AvgIpc) is 2.99. The molecule has 25 heavy (non-hydrogen) atoms. The normalized spacial score (nSPS) is 16.9. The van der Waals surface area contributed by atoms with Gasteiger partial charge in [0.05, 0.1) is 10.5 Å². The molecule has 1 aromatic carbocycles. The number of ether oxygens (including phenoxy) is 2. The molecule has 1 aliphatic heterocycles. The van der Waals surface area contributed by atoms with E-state index in [1.54, 1.807) is 26.0 Å². The summed E-state index contributed by atoms with van der Waals surface area (Å²) >= 11 is 0.858. The van der Waals surface area contributed by atoms with Crippen LogP contribution in [0.4, 0.5) is 4.39 Å². The second-order valence-corrected chi connectivity index (χ2v) is 8.97. The molecule has 1 aliphatic rings. The van der Waals surface area contributed by atoms with E-state index in [1.807, 2.05) is 0 Å². The lowest BCUT2D eigenvalue weighted by Gasteiger charge is -2.21. The Morgan fingerprint density at radius 3 is 2.36 bits per heavy atom. The van der Waals surface area contributed by atoms with Crippen molar-refractivity contribution in [3.63, 3.8) is 0 Å². The number of hydrogen-bond acceptors (Lipinski definition) is 6. The number of thiophene rings is 1. The Hall–Kier alpha value is -2.19. The molecule has 0 atom stereocenters. The minimum absolute atomic E-state index is 0.0325. The number of carbonyl (C=O) groups is 1. The first kappa shape index (κ1) is 17.6. The van der Waals surface area contributed by atoms with Gasteiger partial charge in [0.1, 0.15) is 11.4 Å². The third-order valence-electron chi connectivity index (χ3n) is 3.70. The predicted molar refractivity (Wildman–Crippen MR) is 91.5 cm³/mol. The number of sulfone groups is 1. The van der Waals surface area contributed by atoms with Crippen LogP contribution >= 0.6 is 11.3 Å². The quantitative estimate of drug-likeness (QED) is 0.758. The van der Waals surface area contributed by atoms with Crippen molar-refractivity contribution in [3.8, 4) is 5.75 Å². The smallest absolute Gasteiger partial charge is 0.375 e. The minimum Gasteiger partial charge on any atom is -0.449 e. The summed E-state index contributed by atoms with van der Waals surface area (Å²) in [6.45, 7) is 3.41. The second kappa shape index (κ2) is 5.96. The van der Waals surface area contributed by atoms with Crippen molar-refractivity contribution in [2.75, 3.05) is 6.26 Å². The lowest BCUT2D eigenvalue weighted by atomic mass is 9.92. The molecular formula is C17H15FO5S2. The van der Waals surface area contributed by atoms with Gasteiger partial charge in [-0.3, -0.25) is 0 Å². The van der Waals surface area contributed by atoms with Gasteiger partial charge in [0.15, 0.2) is 15.0 Å². The first-order valence-corrected chi connectivity index (χ1v) is 10.1. The molecule has 0 spiro atoms. The molecule has 0 radical (unpaired) electrons. The maximum Gasteiger partial charge on any atom is 0.375 e. The van der Waals surface area contributed by atoms with E-state index in [0.717, 1.165) is 17.6 Å². The number of cyclic esters (lactones) is 1. The highest BCUT2D eigenvalue weighted by Gasteiger charge is 2.43. The van der Waals surface area contributed by atoms with Crippen molar-refractivity contribution in [2.24, 2.45) is 0 Å². The number of halogens is 1. The zero-order valence-electron chi connectivity index (χ0n) is 13.7. The molecule has 132 valence electrons. The van der Waals surface area contributed by atoms with E-state index < -0.39 is 26.5 Å². The van der Waals surface area contributed by atoms with E-state index >= 15 is 0 Å². The van der Waals surface area contributed by atoms with Crippen LogP contribution in [-0.4, -0.2) is 26.2 Å². The molecule has 1 aromatic heterocycles. The Labute approximate surface area is 148 Å². The van der Waals surface area contributed by atoms with Gasteiger partial charge < -0.3 is 9.47 Å². The largest absolute Gasteiger partial charge is 0.449 e. The molecule has 2 heterocycles. The molecule has 0 fully saturated rings. The highest BCUT2D eigenvalue weighted by atomic mass is 32.2. The highest BCUT2D eigenvalue weighted by molar-refractivity contribution is 7.90. The van der Waals surface area contributed by atoms with Gasteiger partial charge in [0.25, 0.3) is 0 Å². The standard InChI is InChI=1S/C17H15FO5S2/c1-17(2)14(10-4-6-12(7-5-10)25(3,20)21)15(16(19)23-17)22-11-8-13(18)24-9-11/h4-9H,1-3H3. The van der Waals surface area contributed by atoms with Crippen molar-refractivity contribution >= 4 is 32.7 Å². The van der Waals surface area contributed by atoms with Crippen molar-refractivity contribution in [1.82, 2.24) is 0 Å². The topological polar surface area (TPSA) is 69.7 Å². The van der Waals surface area contributed by atoms with Crippen LogP contribution in [0.3, 0.4) is 0 Å². The fraction of sp³-hybridized carbons (Fsp3) is 0.235. The number of benzene rings is 1. The monoisotopic (exact) mass is 382 g/mol. The van der Waals surface area contributed by atoms with Crippen molar-refractivity contribution in [3.05, 3.63) is 52.2 Å². The summed E-state index contributed by atoms with van der Waals surface area (Å²) in [5, 5.41) is 1.02. The maximum atomic E-state index is 13.2. The summed E-state index contributed by atoms with van der Waals surface area (Å²) in [5.74, 6) is -0.480. The lowest BCUT2D eigenvalue weighted by molar-refractivity contribution is -0.145. The van der Waals surface area contributed by atoms with Crippen LogP contribution in [0.1, 0.15) is 19.4 Å². The van der Waals surface area contributed by atoms with Gasteiger partial charge in [-0.1, -0.05) is 12.1 Å². The second-order valence-electron chi connectivity index (χ2n) is 6.09. The van der Waals surface area contributed by atoms with Crippen molar-refractivity contribution < 1.29 is 27.1 Å². The summed E-state index contributed by atoms with van der Waals surface area (Å²) in [6, 6.07) is 7.28. The Bertz CT molecular complexity index is 969. The fourth-order valence-electron chi connectivity index (χ4n) is 2.61. The van der Waals surface area contributed by atoms with E-state index in [-0.39, 0.29) is 16.4 Å². The van der Waals surface area contributed by atoms with Gasteiger partial charge in [0, 0.05) is 17.7 Å². The Balaban J connectivity index is 2.08. The van der Waals surface area contributed by atoms with E-state index in [4.69, 9.17) is 9.47 Å². The van der Waals surface area contributed by atoms with Gasteiger partial charge in [-0.05, 0) is 31.5 Å². The summed E-state index contributed by atoms with van der Waals surface area (Å²) in [7, 11) is -3.33. The molecule has 0 unspecified atom stereocenters.